The molecule has 1 rings (SSSR count). The molecule has 0 amide bonds. The molecule has 76 valence electrons. The maximum Gasteiger partial charge on any atom is 0.339 e. The Morgan fingerprint density at radius 2 is 2.07 bits per heavy atom. The minimum Gasteiger partial charge on any atom is -0.507 e. The molecular weight excluding hydrogens is 252 g/mol. The molecule has 5 heteroatoms. The van der Waals surface area contributed by atoms with E-state index in [2.05, 4.69) is 20.7 Å². The second-order valence-corrected chi connectivity index (χ2v) is 3.29. The normalized spacial score (nSPS) is 9.64. The quantitative estimate of drug-likeness (QED) is 0.826. The van der Waals surface area contributed by atoms with E-state index in [9.17, 15) is 9.90 Å². The predicted molar refractivity (Wildman–Crippen MR) is 53.7 cm³/mol. The molecule has 0 unspecified atom stereocenters. The van der Waals surface area contributed by atoms with Gasteiger partial charge in [0.05, 0.1) is 24.3 Å². The van der Waals surface area contributed by atoms with Crippen LogP contribution in [-0.2, 0) is 4.74 Å². The molecule has 1 N–H and O–H groups in total. The van der Waals surface area contributed by atoms with Gasteiger partial charge in [0.25, 0.3) is 0 Å². The second-order valence-electron chi connectivity index (χ2n) is 2.50. The van der Waals surface area contributed by atoms with Crippen molar-refractivity contribution in [1.82, 2.24) is 0 Å². The summed E-state index contributed by atoms with van der Waals surface area (Å²) in [4.78, 5) is 11.2. The number of carbonyl (C=O) groups excluding carboxylic acids is 1. The van der Waals surface area contributed by atoms with Crippen LogP contribution in [0.1, 0.15) is 10.4 Å². The number of carbonyl (C=O) groups is 1. The van der Waals surface area contributed by atoms with Crippen molar-refractivity contribution >= 4 is 21.9 Å². The van der Waals surface area contributed by atoms with E-state index in [1.54, 1.807) is 0 Å². The Labute approximate surface area is 89.6 Å². The third-order valence-electron chi connectivity index (χ3n) is 1.67. The number of hydrogen-bond donors (Lipinski definition) is 1. The molecule has 0 aromatic heterocycles. The van der Waals surface area contributed by atoms with Crippen molar-refractivity contribution in [1.29, 1.82) is 0 Å². The van der Waals surface area contributed by atoms with Crippen LogP contribution in [0.5, 0.6) is 11.5 Å². The summed E-state index contributed by atoms with van der Waals surface area (Å²) in [5.41, 5.74) is 0.226. The van der Waals surface area contributed by atoms with Crippen molar-refractivity contribution < 1.29 is 19.4 Å². The lowest BCUT2D eigenvalue weighted by molar-refractivity contribution is 0.0598. The van der Waals surface area contributed by atoms with E-state index in [1.807, 2.05) is 0 Å². The molecule has 0 aliphatic rings. The summed E-state index contributed by atoms with van der Waals surface area (Å²) in [6.45, 7) is 0. The van der Waals surface area contributed by atoms with Crippen LogP contribution in [0, 0.1) is 0 Å². The Morgan fingerprint density at radius 3 is 2.57 bits per heavy atom. The van der Waals surface area contributed by atoms with Crippen molar-refractivity contribution in [3.05, 3.63) is 22.2 Å². The summed E-state index contributed by atoms with van der Waals surface area (Å²) >= 11 is 3.08. The molecule has 0 saturated heterocycles. The highest BCUT2D eigenvalue weighted by Crippen LogP contribution is 2.32. The van der Waals surface area contributed by atoms with Crippen molar-refractivity contribution in [2.45, 2.75) is 0 Å². The van der Waals surface area contributed by atoms with Gasteiger partial charge < -0.3 is 14.6 Å². The van der Waals surface area contributed by atoms with Crippen LogP contribution in [0.2, 0.25) is 0 Å². The molecule has 0 bridgehead atoms. The molecule has 0 aliphatic carbocycles. The SMILES string of the molecule is COC(=O)c1cc(OC)cc(O)c1Br. The Hall–Kier alpha value is -1.23. The summed E-state index contributed by atoms with van der Waals surface area (Å²) in [6.07, 6.45) is 0. The van der Waals surface area contributed by atoms with E-state index in [0.29, 0.717) is 10.2 Å². The van der Waals surface area contributed by atoms with E-state index < -0.39 is 5.97 Å². The van der Waals surface area contributed by atoms with Crippen LogP contribution in [0.3, 0.4) is 0 Å². The van der Waals surface area contributed by atoms with Gasteiger partial charge in [-0.25, -0.2) is 4.79 Å². The molecule has 0 heterocycles. The minimum atomic E-state index is -0.536. The summed E-state index contributed by atoms with van der Waals surface area (Å²) in [5.74, 6) is -0.207. The molecule has 1 aromatic carbocycles. The van der Waals surface area contributed by atoms with Gasteiger partial charge in [-0.3, -0.25) is 0 Å². The number of phenolic OH excluding ortho intramolecular Hbond substituents is 1. The molecule has 4 nitrogen and oxygen atoms in total. The monoisotopic (exact) mass is 260 g/mol. The third kappa shape index (κ3) is 1.98. The lowest BCUT2D eigenvalue weighted by Gasteiger charge is -2.07. The first-order chi connectivity index (χ1) is 6.60. The average molecular weight is 261 g/mol. The molecular formula is C9H9BrO4. The van der Waals surface area contributed by atoms with Crippen molar-refractivity contribution in [2.24, 2.45) is 0 Å². The maximum absolute atomic E-state index is 11.2. The fraction of sp³-hybridized carbons (Fsp3) is 0.222. The van der Waals surface area contributed by atoms with Gasteiger partial charge in [0.1, 0.15) is 11.5 Å². The van der Waals surface area contributed by atoms with Gasteiger partial charge in [0, 0.05) is 6.07 Å². The van der Waals surface area contributed by atoms with E-state index in [-0.39, 0.29) is 11.3 Å². The zero-order valence-corrected chi connectivity index (χ0v) is 9.29. The number of benzene rings is 1. The minimum absolute atomic E-state index is 0.0650. The molecule has 14 heavy (non-hydrogen) atoms. The van der Waals surface area contributed by atoms with Crippen molar-refractivity contribution in [2.75, 3.05) is 14.2 Å². The smallest absolute Gasteiger partial charge is 0.339 e. The zero-order valence-electron chi connectivity index (χ0n) is 7.70. The first kappa shape index (κ1) is 10.8. The molecule has 0 saturated carbocycles. The standard InChI is InChI=1S/C9H9BrO4/c1-13-5-3-6(9(12)14-2)8(10)7(11)4-5/h3-4,11H,1-2H3. The van der Waals surface area contributed by atoms with Gasteiger partial charge in [0.15, 0.2) is 0 Å². The van der Waals surface area contributed by atoms with Crippen LogP contribution in [0.15, 0.2) is 16.6 Å². The van der Waals surface area contributed by atoms with Gasteiger partial charge >= 0.3 is 5.97 Å². The molecule has 0 aliphatic heterocycles. The summed E-state index contributed by atoms with van der Waals surface area (Å²) < 4.78 is 9.73. The predicted octanol–water partition coefficient (Wildman–Crippen LogP) is 1.95. The average Bonchev–Trinajstić information content (AvgIpc) is 2.20. The number of phenols is 1. The lowest BCUT2D eigenvalue weighted by atomic mass is 10.2. The number of hydrogen-bond acceptors (Lipinski definition) is 4. The Balaban J connectivity index is 3.27. The number of esters is 1. The molecule has 0 spiro atoms. The van der Waals surface area contributed by atoms with E-state index >= 15 is 0 Å². The number of halogens is 1. The molecule has 1 aromatic rings. The summed E-state index contributed by atoms with van der Waals surface area (Å²) in [7, 11) is 2.72. The van der Waals surface area contributed by atoms with Gasteiger partial charge in [-0.05, 0) is 22.0 Å². The van der Waals surface area contributed by atoms with Crippen LogP contribution >= 0.6 is 15.9 Å². The molecule has 0 radical (unpaired) electrons. The molecule has 0 fully saturated rings. The number of ether oxygens (including phenoxy) is 2. The fourth-order valence-corrected chi connectivity index (χ4v) is 1.35. The topological polar surface area (TPSA) is 55.8 Å². The molecule has 0 atom stereocenters. The highest BCUT2D eigenvalue weighted by molar-refractivity contribution is 9.10. The van der Waals surface area contributed by atoms with Crippen LogP contribution in [0.4, 0.5) is 0 Å². The number of aromatic hydroxyl groups is 1. The Bertz CT molecular complexity index is 362. The second kappa shape index (κ2) is 4.32. The first-order valence-electron chi connectivity index (χ1n) is 3.75. The highest BCUT2D eigenvalue weighted by Gasteiger charge is 2.15. The van der Waals surface area contributed by atoms with Gasteiger partial charge in [-0.15, -0.1) is 0 Å². The fourth-order valence-electron chi connectivity index (χ4n) is 0.960. The van der Waals surface area contributed by atoms with Gasteiger partial charge in [-0.2, -0.15) is 0 Å². The third-order valence-corrected chi connectivity index (χ3v) is 2.50. The summed E-state index contributed by atoms with van der Waals surface area (Å²) in [6, 6.07) is 2.88. The lowest BCUT2D eigenvalue weighted by Crippen LogP contribution is -2.02. The van der Waals surface area contributed by atoms with Gasteiger partial charge in [0.2, 0.25) is 0 Å². The van der Waals surface area contributed by atoms with E-state index in [1.165, 1.54) is 26.4 Å². The van der Waals surface area contributed by atoms with Crippen molar-refractivity contribution in [3.8, 4) is 11.5 Å². The summed E-state index contributed by atoms with van der Waals surface area (Å²) in [5, 5.41) is 9.42. The highest BCUT2D eigenvalue weighted by atomic mass is 79.9. The number of methoxy groups -OCH3 is 2. The first-order valence-corrected chi connectivity index (χ1v) is 4.54. The van der Waals surface area contributed by atoms with Crippen LogP contribution in [-0.4, -0.2) is 25.3 Å². The maximum atomic E-state index is 11.2. The van der Waals surface area contributed by atoms with Crippen LogP contribution < -0.4 is 4.74 Å². The Morgan fingerprint density at radius 1 is 1.43 bits per heavy atom. The number of rotatable bonds is 2. The van der Waals surface area contributed by atoms with Crippen molar-refractivity contribution in [3.63, 3.8) is 0 Å². The van der Waals surface area contributed by atoms with E-state index in [4.69, 9.17) is 4.74 Å². The van der Waals surface area contributed by atoms with Crippen LogP contribution in [0.25, 0.3) is 0 Å². The zero-order chi connectivity index (χ0) is 10.7. The van der Waals surface area contributed by atoms with E-state index in [0.717, 1.165) is 0 Å². The Kier molecular flexibility index (Phi) is 3.35. The van der Waals surface area contributed by atoms with Gasteiger partial charge in [-0.1, -0.05) is 0 Å². The largest absolute Gasteiger partial charge is 0.507 e.